The highest BCUT2D eigenvalue weighted by Crippen LogP contribution is 2.12. The molecule has 1 rings (SSSR count). The molecule has 0 radical (unpaired) electrons. The molecule has 0 amide bonds. The Kier molecular flexibility index (Phi) is 7.47. The molecule has 0 aromatic carbocycles. The van der Waals surface area contributed by atoms with Crippen LogP contribution in [0.2, 0.25) is 0 Å². The molecule has 3 heteroatoms. The van der Waals surface area contributed by atoms with Crippen LogP contribution >= 0.6 is 11.3 Å². The van der Waals surface area contributed by atoms with Crippen LogP contribution < -0.4 is 5.32 Å². The molecule has 0 bridgehead atoms. The van der Waals surface area contributed by atoms with Crippen molar-refractivity contribution in [3.8, 4) is 0 Å². The molecule has 1 atom stereocenters. The van der Waals surface area contributed by atoms with Crippen LogP contribution in [-0.2, 0) is 11.2 Å². The lowest BCUT2D eigenvalue weighted by Crippen LogP contribution is -2.28. The van der Waals surface area contributed by atoms with Crippen molar-refractivity contribution in [1.29, 1.82) is 0 Å². The van der Waals surface area contributed by atoms with Crippen molar-refractivity contribution < 1.29 is 4.74 Å². The van der Waals surface area contributed by atoms with Crippen LogP contribution in [0.15, 0.2) is 17.5 Å². The molecule has 0 aliphatic rings. The molecule has 16 heavy (non-hydrogen) atoms. The van der Waals surface area contributed by atoms with Crippen molar-refractivity contribution in [3.63, 3.8) is 0 Å². The van der Waals surface area contributed by atoms with Gasteiger partial charge in [-0.3, -0.25) is 0 Å². The summed E-state index contributed by atoms with van der Waals surface area (Å²) in [6.45, 7) is 3.97. The van der Waals surface area contributed by atoms with Gasteiger partial charge < -0.3 is 10.1 Å². The maximum absolute atomic E-state index is 5.59. The molecule has 1 aromatic rings. The van der Waals surface area contributed by atoms with Crippen molar-refractivity contribution in [2.24, 2.45) is 0 Å². The number of hydrogen-bond acceptors (Lipinski definition) is 3. The Morgan fingerprint density at radius 2 is 2.31 bits per heavy atom. The molecule has 0 saturated heterocycles. The second-order valence-electron chi connectivity index (χ2n) is 4.02. The molecule has 0 spiro atoms. The second-order valence-corrected chi connectivity index (χ2v) is 5.06. The van der Waals surface area contributed by atoms with Gasteiger partial charge in [0.15, 0.2) is 0 Å². The number of unbranched alkanes of at least 4 members (excludes halogenated alkanes) is 1. The van der Waals surface area contributed by atoms with Gasteiger partial charge in [0.1, 0.15) is 0 Å². The van der Waals surface area contributed by atoms with Gasteiger partial charge >= 0.3 is 0 Å². The summed E-state index contributed by atoms with van der Waals surface area (Å²) in [6.07, 6.45) is 4.60. The van der Waals surface area contributed by atoms with E-state index in [2.05, 4.69) is 29.8 Å². The summed E-state index contributed by atoms with van der Waals surface area (Å²) in [5.41, 5.74) is 0. The number of thiophene rings is 1. The number of nitrogens with one attached hydrogen (secondary N) is 1. The van der Waals surface area contributed by atoms with E-state index in [1.807, 2.05) is 18.4 Å². The van der Waals surface area contributed by atoms with Crippen molar-refractivity contribution in [3.05, 3.63) is 22.4 Å². The maximum atomic E-state index is 5.59. The summed E-state index contributed by atoms with van der Waals surface area (Å²) in [6, 6.07) is 4.86. The third-order valence-corrected chi connectivity index (χ3v) is 3.59. The quantitative estimate of drug-likeness (QED) is 0.671. The first-order valence-electron chi connectivity index (χ1n) is 6.14. The van der Waals surface area contributed by atoms with E-state index in [0.717, 1.165) is 26.1 Å². The second kappa shape index (κ2) is 8.74. The highest BCUT2D eigenvalue weighted by molar-refractivity contribution is 7.09. The van der Waals surface area contributed by atoms with Gasteiger partial charge in [-0.25, -0.2) is 0 Å². The van der Waals surface area contributed by atoms with E-state index >= 15 is 0 Å². The molecule has 1 unspecified atom stereocenters. The van der Waals surface area contributed by atoms with Crippen LogP contribution in [0.1, 0.15) is 31.1 Å². The molecule has 0 aliphatic carbocycles. The van der Waals surface area contributed by atoms with Crippen molar-refractivity contribution >= 4 is 11.3 Å². The first-order valence-corrected chi connectivity index (χ1v) is 7.02. The molecule has 2 nitrogen and oxygen atoms in total. The van der Waals surface area contributed by atoms with Gasteiger partial charge in [0.2, 0.25) is 0 Å². The summed E-state index contributed by atoms with van der Waals surface area (Å²) < 4.78 is 5.59. The minimum Gasteiger partial charge on any atom is -0.381 e. The van der Waals surface area contributed by atoms with Crippen molar-refractivity contribution in [1.82, 2.24) is 5.32 Å². The number of ether oxygens (including phenoxy) is 1. The Hall–Kier alpha value is -0.380. The zero-order valence-corrected chi connectivity index (χ0v) is 11.2. The number of hydrogen-bond donors (Lipinski definition) is 1. The minimum atomic E-state index is 0.542. The molecule has 92 valence electrons. The molecular formula is C13H23NOS. The summed E-state index contributed by atoms with van der Waals surface area (Å²) in [7, 11) is 2.03. The van der Waals surface area contributed by atoms with E-state index in [1.54, 1.807) is 0 Å². The third-order valence-electron chi connectivity index (χ3n) is 2.69. The molecular weight excluding hydrogens is 218 g/mol. The lowest BCUT2D eigenvalue weighted by molar-refractivity contribution is 0.122. The molecule has 0 saturated carbocycles. The zero-order chi connectivity index (χ0) is 11.6. The molecule has 1 aromatic heterocycles. The van der Waals surface area contributed by atoms with E-state index in [0.29, 0.717) is 6.04 Å². The van der Waals surface area contributed by atoms with Gasteiger partial charge in [-0.15, -0.1) is 11.3 Å². The predicted octanol–water partition coefficient (Wildman–Crippen LogP) is 3.09. The number of rotatable bonds is 9. The fourth-order valence-corrected chi connectivity index (χ4v) is 2.38. The summed E-state index contributed by atoms with van der Waals surface area (Å²) >= 11 is 1.83. The minimum absolute atomic E-state index is 0.542. The topological polar surface area (TPSA) is 21.3 Å². The Bertz CT molecular complexity index is 248. The maximum Gasteiger partial charge on any atom is 0.0480 e. The fourth-order valence-electron chi connectivity index (χ4n) is 1.59. The van der Waals surface area contributed by atoms with E-state index in [4.69, 9.17) is 4.74 Å². The Morgan fingerprint density at radius 3 is 2.94 bits per heavy atom. The monoisotopic (exact) mass is 241 g/mol. The van der Waals surface area contributed by atoms with Gasteiger partial charge in [0, 0.05) is 24.1 Å². The first-order chi connectivity index (χ1) is 7.86. The van der Waals surface area contributed by atoms with E-state index < -0.39 is 0 Å². The number of likely N-dealkylation sites (N-methyl/N-ethyl adjacent to an activating group) is 1. The Balaban J connectivity index is 2.12. The van der Waals surface area contributed by atoms with Gasteiger partial charge in [-0.2, -0.15) is 0 Å². The highest BCUT2D eigenvalue weighted by atomic mass is 32.1. The average Bonchev–Trinajstić information content (AvgIpc) is 2.80. The summed E-state index contributed by atoms with van der Waals surface area (Å²) in [5, 5.41) is 5.50. The zero-order valence-electron chi connectivity index (χ0n) is 10.4. The van der Waals surface area contributed by atoms with E-state index in [1.165, 1.54) is 17.7 Å². The molecule has 0 fully saturated rings. The first kappa shape index (κ1) is 13.7. The smallest absolute Gasteiger partial charge is 0.0480 e. The lowest BCUT2D eigenvalue weighted by atomic mass is 10.1. The van der Waals surface area contributed by atoms with Gasteiger partial charge in [0.05, 0.1) is 0 Å². The highest BCUT2D eigenvalue weighted by Gasteiger charge is 2.07. The third kappa shape index (κ3) is 5.64. The Labute approximate surface area is 103 Å². The lowest BCUT2D eigenvalue weighted by Gasteiger charge is -2.15. The summed E-state index contributed by atoms with van der Waals surface area (Å²) in [4.78, 5) is 1.45. The van der Waals surface area contributed by atoms with Crippen LogP contribution in [0.3, 0.4) is 0 Å². The fraction of sp³-hybridized carbons (Fsp3) is 0.692. The average molecular weight is 241 g/mol. The molecule has 1 N–H and O–H groups in total. The largest absolute Gasteiger partial charge is 0.381 e. The van der Waals surface area contributed by atoms with Crippen molar-refractivity contribution in [2.45, 2.75) is 38.6 Å². The van der Waals surface area contributed by atoms with Crippen LogP contribution in [-0.4, -0.2) is 26.3 Å². The Morgan fingerprint density at radius 1 is 1.44 bits per heavy atom. The molecule has 0 aliphatic heterocycles. The van der Waals surface area contributed by atoms with Crippen LogP contribution in [0.5, 0.6) is 0 Å². The van der Waals surface area contributed by atoms with Crippen LogP contribution in [0.25, 0.3) is 0 Å². The van der Waals surface area contributed by atoms with Gasteiger partial charge in [-0.05, 0) is 37.8 Å². The van der Waals surface area contributed by atoms with Crippen LogP contribution in [0, 0.1) is 0 Å². The van der Waals surface area contributed by atoms with Crippen LogP contribution in [0.4, 0.5) is 0 Å². The predicted molar refractivity (Wildman–Crippen MR) is 71.2 cm³/mol. The van der Waals surface area contributed by atoms with E-state index in [9.17, 15) is 0 Å². The van der Waals surface area contributed by atoms with E-state index in [-0.39, 0.29) is 0 Å². The van der Waals surface area contributed by atoms with Gasteiger partial charge in [0.25, 0.3) is 0 Å². The van der Waals surface area contributed by atoms with Crippen molar-refractivity contribution in [2.75, 3.05) is 20.3 Å². The standard InChI is InChI=1S/C13H23NOS/c1-3-4-8-15-9-7-12(14-2)11-13-6-5-10-16-13/h5-6,10,12,14H,3-4,7-9,11H2,1-2H3. The molecule has 1 heterocycles. The SMILES string of the molecule is CCCCOCCC(Cc1cccs1)NC. The normalized spacial score (nSPS) is 12.9. The van der Waals surface area contributed by atoms with Gasteiger partial charge in [-0.1, -0.05) is 19.4 Å². The summed E-state index contributed by atoms with van der Waals surface area (Å²) in [5.74, 6) is 0.